The summed E-state index contributed by atoms with van der Waals surface area (Å²) in [6, 6.07) is 5.44. The molecule has 114 valence electrons. The van der Waals surface area contributed by atoms with Crippen LogP contribution in [0.1, 0.15) is 32.6 Å². The molecule has 0 unspecified atom stereocenters. The van der Waals surface area contributed by atoms with E-state index in [-0.39, 0.29) is 0 Å². The van der Waals surface area contributed by atoms with E-state index in [1.165, 1.54) is 0 Å². The van der Waals surface area contributed by atoms with Crippen LogP contribution < -0.4 is 15.2 Å². The first-order chi connectivity index (χ1) is 10.1. The van der Waals surface area contributed by atoms with Crippen molar-refractivity contribution in [2.75, 3.05) is 14.2 Å². The molecule has 0 radical (unpaired) electrons. The van der Waals surface area contributed by atoms with E-state index in [1.807, 2.05) is 26.0 Å². The maximum Gasteiger partial charge on any atom is 0.247 e. The van der Waals surface area contributed by atoms with Crippen LogP contribution >= 0.6 is 0 Å². The van der Waals surface area contributed by atoms with Gasteiger partial charge in [-0.1, -0.05) is 19.0 Å². The molecule has 0 saturated carbocycles. The quantitative estimate of drug-likeness (QED) is 0.881. The highest BCUT2D eigenvalue weighted by molar-refractivity contribution is 5.60. The smallest absolute Gasteiger partial charge is 0.247 e. The maximum absolute atomic E-state index is 6.28. The number of hydrogen-bond donors (Lipinski definition) is 1. The number of nitrogens with two attached hydrogens (primary N) is 1. The van der Waals surface area contributed by atoms with Crippen LogP contribution in [0.15, 0.2) is 22.7 Å². The standard InChI is InChI=1S/C15H21N3O3/c1-5-15(16,6-2)14-17-13(18-21-14)10-7-11(19-3)9-12(8-10)20-4/h7-9H,5-6,16H2,1-4H3. The molecular weight excluding hydrogens is 270 g/mol. The molecule has 2 aromatic rings. The van der Waals surface area contributed by atoms with Gasteiger partial charge in [0.25, 0.3) is 0 Å². The lowest BCUT2D eigenvalue weighted by atomic mass is 9.94. The Labute approximate surface area is 124 Å². The molecule has 0 spiro atoms. The summed E-state index contributed by atoms with van der Waals surface area (Å²) in [5.41, 5.74) is 6.45. The zero-order valence-electron chi connectivity index (χ0n) is 12.8. The number of rotatable bonds is 6. The molecule has 1 aromatic heterocycles. The fourth-order valence-electron chi connectivity index (χ4n) is 2.03. The van der Waals surface area contributed by atoms with Gasteiger partial charge < -0.3 is 19.7 Å². The van der Waals surface area contributed by atoms with Crippen molar-refractivity contribution in [2.24, 2.45) is 5.73 Å². The van der Waals surface area contributed by atoms with Gasteiger partial charge in [0.05, 0.1) is 19.8 Å². The second kappa shape index (κ2) is 6.13. The van der Waals surface area contributed by atoms with E-state index in [9.17, 15) is 0 Å². The minimum atomic E-state index is -0.589. The number of methoxy groups -OCH3 is 2. The lowest BCUT2D eigenvalue weighted by Gasteiger charge is -2.20. The first-order valence-corrected chi connectivity index (χ1v) is 6.92. The van der Waals surface area contributed by atoms with Crippen LogP contribution in [0.5, 0.6) is 11.5 Å². The van der Waals surface area contributed by atoms with Crippen LogP contribution in [-0.2, 0) is 5.54 Å². The van der Waals surface area contributed by atoms with Gasteiger partial charge in [0.2, 0.25) is 11.7 Å². The topological polar surface area (TPSA) is 83.4 Å². The van der Waals surface area contributed by atoms with Crippen molar-refractivity contribution in [3.05, 3.63) is 24.1 Å². The summed E-state index contributed by atoms with van der Waals surface area (Å²) in [5.74, 6) is 2.25. The third-order valence-electron chi connectivity index (χ3n) is 3.72. The van der Waals surface area contributed by atoms with Crippen LogP contribution in [0.4, 0.5) is 0 Å². The highest BCUT2D eigenvalue weighted by Crippen LogP contribution is 2.30. The highest BCUT2D eigenvalue weighted by atomic mass is 16.5. The molecule has 0 aliphatic heterocycles. The largest absolute Gasteiger partial charge is 0.497 e. The molecule has 1 heterocycles. The molecule has 6 nitrogen and oxygen atoms in total. The van der Waals surface area contributed by atoms with Crippen molar-refractivity contribution in [1.29, 1.82) is 0 Å². The first kappa shape index (κ1) is 15.3. The van der Waals surface area contributed by atoms with Crippen LogP contribution in [-0.4, -0.2) is 24.4 Å². The molecular formula is C15H21N3O3. The average molecular weight is 291 g/mol. The van der Waals surface area contributed by atoms with Crippen molar-refractivity contribution >= 4 is 0 Å². The molecule has 0 aliphatic carbocycles. The van der Waals surface area contributed by atoms with Crippen LogP contribution in [0.3, 0.4) is 0 Å². The number of ether oxygens (including phenoxy) is 2. The molecule has 0 amide bonds. The van der Waals surface area contributed by atoms with Crippen molar-refractivity contribution in [2.45, 2.75) is 32.2 Å². The minimum Gasteiger partial charge on any atom is -0.497 e. The summed E-state index contributed by atoms with van der Waals surface area (Å²) in [6.07, 6.45) is 1.46. The molecule has 1 aromatic carbocycles. The Morgan fingerprint density at radius 2 is 1.67 bits per heavy atom. The number of hydrogen-bond acceptors (Lipinski definition) is 6. The lowest BCUT2D eigenvalue weighted by molar-refractivity contribution is 0.268. The van der Waals surface area contributed by atoms with Gasteiger partial charge in [0, 0.05) is 11.6 Å². The SMILES string of the molecule is CCC(N)(CC)c1nc(-c2cc(OC)cc(OC)c2)no1. The predicted molar refractivity (Wildman–Crippen MR) is 79.3 cm³/mol. The fraction of sp³-hybridized carbons (Fsp3) is 0.467. The van der Waals surface area contributed by atoms with E-state index in [0.29, 0.717) is 23.2 Å². The molecule has 21 heavy (non-hydrogen) atoms. The highest BCUT2D eigenvalue weighted by Gasteiger charge is 2.30. The third-order valence-corrected chi connectivity index (χ3v) is 3.72. The Hall–Kier alpha value is -2.08. The van der Waals surface area contributed by atoms with E-state index in [2.05, 4.69) is 10.1 Å². The summed E-state index contributed by atoms with van der Waals surface area (Å²) in [4.78, 5) is 4.43. The van der Waals surface area contributed by atoms with Gasteiger partial charge in [-0.25, -0.2) is 0 Å². The van der Waals surface area contributed by atoms with Crippen molar-refractivity contribution in [3.63, 3.8) is 0 Å². The number of benzene rings is 1. The van der Waals surface area contributed by atoms with E-state index in [4.69, 9.17) is 19.7 Å². The molecule has 2 rings (SSSR count). The second-order valence-electron chi connectivity index (χ2n) is 4.89. The predicted octanol–water partition coefficient (Wildman–Crippen LogP) is 2.73. The molecule has 0 bridgehead atoms. The summed E-state index contributed by atoms with van der Waals surface area (Å²) in [5, 5.41) is 4.02. The zero-order chi connectivity index (χ0) is 15.5. The van der Waals surface area contributed by atoms with E-state index in [0.717, 1.165) is 18.4 Å². The molecule has 0 atom stereocenters. The number of aromatic nitrogens is 2. The van der Waals surface area contributed by atoms with Crippen LogP contribution in [0.2, 0.25) is 0 Å². The van der Waals surface area contributed by atoms with Gasteiger partial charge in [-0.2, -0.15) is 4.98 Å². The third kappa shape index (κ3) is 3.00. The number of nitrogens with zero attached hydrogens (tertiary/aromatic N) is 2. The van der Waals surface area contributed by atoms with Gasteiger partial charge in [-0.3, -0.25) is 0 Å². The maximum atomic E-state index is 6.28. The van der Waals surface area contributed by atoms with E-state index >= 15 is 0 Å². The van der Waals surface area contributed by atoms with E-state index < -0.39 is 5.54 Å². The molecule has 0 saturated heterocycles. The van der Waals surface area contributed by atoms with Gasteiger partial charge in [-0.05, 0) is 25.0 Å². The summed E-state index contributed by atoms with van der Waals surface area (Å²) in [6.45, 7) is 4.00. The zero-order valence-corrected chi connectivity index (χ0v) is 12.8. The van der Waals surface area contributed by atoms with Gasteiger partial charge >= 0.3 is 0 Å². The lowest BCUT2D eigenvalue weighted by Crippen LogP contribution is -2.35. The first-order valence-electron chi connectivity index (χ1n) is 6.92. The minimum absolute atomic E-state index is 0.448. The van der Waals surface area contributed by atoms with Crippen LogP contribution in [0.25, 0.3) is 11.4 Å². The van der Waals surface area contributed by atoms with Crippen molar-refractivity contribution in [3.8, 4) is 22.9 Å². The van der Waals surface area contributed by atoms with Gasteiger partial charge in [0.15, 0.2) is 0 Å². The Morgan fingerprint density at radius 3 is 2.14 bits per heavy atom. The Kier molecular flexibility index (Phi) is 4.47. The fourth-order valence-corrected chi connectivity index (χ4v) is 2.03. The summed E-state index contributed by atoms with van der Waals surface area (Å²) in [7, 11) is 3.19. The van der Waals surface area contributed by atoms with Crippen molar-refractivity contribution in [1.82, 2.24) is 10.1 Å². The monoisotopic (exact) mass is 291 g/mol. The van der Waals surface area contributed by atoms with Gasteiger partial charge in [0.1, 0.15) is 11.5 Å². The molecule has 6 heteroatoms. The second-order valence-corrected chi connectivity index (χ2v) is 4.89. The average Bonchev–Trinajstić information content (AvgIpc) is 3.04. The molecule has 0 aliphatic rings. The molecule has 2 N–H and O–H groups in total. The Balaban J connectivity index is 2.42. The summed E-state index contributed by atoms with van der Waals surface area (Å²) < 4.78 is 15.8. The summed E-state index contributed by atoms with van der Waals surface area (Å²) >= 11 is 0. The van der Waals surface area contributed by atoms with Gasteiger partial charge in [-0.15, -0.1) is 0 Å². The van der Waals surface area contributed by atoms with Crippen molar-refractivity contribution < 1.29 is 14.0 Å². The Morgan fingerprint density at radius 1 is 1.10 bits per heavy atom. The Bertz CT molecular complexity index is 584. The normalized spacial score (nSPS) is 11.5. The van der Waals surface area contributed by atoms with E-state index in [1.54, 1.807) is 20.3 Å². The van der Waals surface area contributed by atoms with Crippen LogP contribution in [0, 0.1) is 0 Å². The molecule has 0 fully saturated rings.